The van der Waals surface area contributed by atoms with Crippen LogP contribution in [-0.4, -0.2) is 26.2 Å². The molecule has 0 aliphatic carbocycles. The van der Waals surface area contributed by atoms with Gasteiger partial charge in [0, 0.05) is 15.7 Å². The summed E-state index contributed by atoms with van der Waals surface area (Å²) in [5, 5.41) is 8.70. The molecule has 2 N–H and O–H groups in total. The van der Waals surface area contributed by atoms with Gasteiger partial charge in [-0.05, 0) is 35.9 Å². The summed E-state index contributed by atoms with van der Waals surface area (Å²) in [5.74, 6) is 1.01. The minimum Gasteiger partial charge on any atom is -0.338 e. The Hall–Kier alpha value is -3.29. The Labute approximate surface area is 170 Å². The second-order valence-electron chi connectivity index (χ2n) is 5.70. The van der Waals surface area contributed by atoms with Gasteiger partial charge < -0.3 is 5.32 Å². The van der Waals surface area contributed by atoms with E-state index in [0.717, 1.165) is 11.3 Å². The molecule has 0 unspecified atom stereocenters. The molecule has 0 aliphatic heterocycles. The van der Waals surface area contributed by atoms with Crippen LogP contribution < -0.4 is 10.7 Å². The number of hydrazone groups is 1. The minimum atomic E-state index is 0.465. The number of hydrogen-bond donors (Lipinski definition) is 2. The van der Waals surface area contributed by atoms with Crippen LogP contribution in [0.4, 0.5) is 17.3 Å². The molecule has 0 saturated heterocycles. The number of nitrogens with one attached hydrogen (secondary N) is 2. The van der Waals surface area contributed by atoms with Crippen molar-refractivity contribution in [3.8, 4) is 0 Å². The molecule has 2 aromatic heterocycles. The van der Waals surface area contributed by atoms with Gasteiger partial charge in [0.25, 0.3) is 0 Å². The predicted molar refractivity (Wildman–Crippen MR) is 113 cm³/mol. The van der Waals surface area contributed by atoms with Gasteiger partial charge in [-0.15, -0.1) is 0 Å². The van der Waals surface area contributed by atoms with Gasteiger partial charge in [0.05, 0.1) is 6.21 Å². The molecule has 4 aromatic rings. The van der Waals surface area contributed by atoms with Crippen molar-refractivity contribution in [2.24, 2.45) is 5.10 Å². The number of halogens is 2. The summed E-state index contributed by atoms with van der Waals surface area (Å²) in [6.45, 7) is 0. The van der Waals surface area contributed by atoms with Crippen molar-refractivity contribution < 1.29 is 0 Å². The van der Waals surface area contributed by atoms with E-state index in [-0.39, 0.29) is 0 Å². The van der Waals surface area contributed by atoms with Crippen LogP contribution in [-0.2, 0) is 0 Å². The third kappa shape index (κ3) is 4.16. The Balaban J connectivity index is 1.60. The lowest BCUT2D eigenvalue weighted by Gasteiger charge is -2.09. The van der Waals surface area contributed by atoms with Crippen molar-refractivity contribution in [1.29, 1.82) is 0 Å². The normalized spacial score (nSPS) is 11.1. The molecule has 0 aliphatic rings. The van der Waals surface area contributed by atoms with E-state index in [4.69, 9.17) is 23.2 Å². The predicted octanol–water partition coefficient (Wildman–Crippen LogP) is 4.92. The summed E-state index contributed by atoms with van der Waals surface area (Å²) in [5.41, 5.74) is 5.68. The van der Waals surface area contributed by atoms with E-state index in [2.05, 4.69) is 35.8 Å². The first-order valence-electron chi connectivity index (χ1n) is 8.22. The molecule has 0 fully saturated rings. The lowest BCUT2D eigenvalue weighted by molar-refractivity contribution is 1.13. The fourth-order valence-electron chi connectivity index (χ4n) is 2.47. The molecule has 0 saturated carbocycles. The van der Waals surface area contributed by atoms with Gasteiger partial charge in [0.2, 0.25) is 0 Å². The number of rotatable bonds is 5. The molecule has 0 spiro atoms. The topological polar surface area (TPSA) is 88.0 Å². The average Bonchev–Trinajstić information content (AvgIpc) is 2.70. The fraction of sp³-hybridized carbons (Fsp3) is 0. The molecule has 0 amide bonds. The Morgan fingerprint density at radius 3 is 2.25 bits per heavy atom. The second kappa shape index (κ2) is 8.16. The quantitative estimate of drug-likeness (QED) is 0.359. The smallest absolute Gasteiger partial charge is 0.176 e. The third-order valence-corrected chi connectivity index (χ3v) is 4.25. The summed E-state index contributed by atoms with van der Waals surface area (Å²) < 4.78 is 0. The molecular weight excluding hydrogens is 397 g/mol. The van der Waals surface area contributed by atoms with Gasteiger partial charge in [0.1, 0.15) is 23.7 Å². The van der Waals surface area contributed by atoms with Crippen molar-refractivity contribution in [2.45, 2.75) is 0 Å². The van der Waals surface area contributed by atoms with Crippen molar-refractivity contribution in [3.63, 3.8) is 0 Å². The molecule has 28 heavy (non-hydrogen) atoms. The van der Waals surface area contributed by atoms with E-state index in [1.165, 1.54) is 12.7 Å². The van der Waals surface area contributed by atoms with Crippen LogP contribution in [0.2, 0.25) is 10.0 Å². The summed E-state index contributed by atoms with van der Waals surface area (Å²) in [4.78, 5) is 17.1. The van der Waals surface area contributed by atoms with E-state index in [1.54, 1.807) is 30.5 Å². The Kier molecular flexibility index (Phi) is 5.27. The standard InChI is InChI=1S/C19H13Cl2N7/c20-13-6-4-12(5-7-13)9-26-28-19-17-16(22-11-25-19)18(24-10-23-17)27-15-3-1-2-14(21)8-15/h1-11H,(H,22,25,28)(H,23,24,27). The third-order valence-electron chi connectivity index (χ3n) is 3.76. The molecular formula is C19H13Cl2N7. The lowest BCUT2D eigenvalue weighted by Crippen LogP contribution is -2.01. The fourth-order valence-corrected chi connectivity index (χ4v) is 2.79. The highest BCUT2D eigenvalue weighted by atomic mass is 35.5. The SMILES string of the molecule is Clc1ccc(C=NNc2ncnc3c(Nc4cccc(Cl)c4)ncnc23)cc1. The number of fused-ring (bicyclic) bond motifs is 1. The minimum absolute atomic E-state index is 0.465. The maximum absolute atomic E-state index is 6.04. The molecule has 2 aromatic carbocycles. The van der Waals surface area contributed by atoms with Gasteiger partial charge in [-0.2, -0.15) is 5.10 Å². The number of anilines is 3. The van der Waals surface area contributed by atoms with Crippen LogP contribution in [0.15, 0.2) is 66.3 Å². The van der Waals surface area contributed by atoms with E-state index >= 15 is 0 Å². The van der Waals surface area contributed by atoms with Crippen LogP contribution in [0.1, 0.15) is 5.56 Å². The zero-order chi connectivity index (χ0) is 19.3. The largest absolute Gasteiger partial charge is 0.338 e. The molecule has 4 rings (SSSR count). The maximum atomic E-state index is 6.04. The summed E-state index contributed by atoms with van der Waals surface area (Å²) in [6.07, 6.45) is 4.53. The Bertz CT molecular complexity index is 1150. The molecule has 138 valence electrons. The van der Waals surface area contributed by atoms with Crippen LogP contribution in [0, 0.1) is 0 Å². The number of hydrogen-bond acceptors (Lipinski definition) is 7. The number of benzene rings is 2. The number of aromatic nitrogens is 4. The highest BCUT2D eigenvalue weighted by Gasteiger charge is 2.10. The maximum Gasteiger partial charge on any atom is 0.176 e. The van der Waals surface area contributed by atoms with E-state index in [9.17, 15) is 0 Å². The van der Waals surface area contributed by atoms with E-state index < -0.39 is 0 Å². The first kappa shape index (κ1) is 18.1. The van der Waals surface area contributed by atoms with Crippen LogP contribution in [0.3, 0.4) is 0 Å². The van der Waals surface area contributed by atoms with E-state index in [0.29, 0.717) is 32.7 Å². The Morgan fingerprint density at radius 2 is 1.50 bits per heavy atom. The molecule has 7 nitrogen and oxygen atoms in total. The Morgan fingerprint density at radius 1 is 0.786 bits per heavy atom. The van der Waals surface area contributed by atoms with Crippen molar-refractivity contribution in [3.05, 3.63) is 76.8 Å². The first-order chi connectivity index (χ1) is 13.7. The van der Waals surface area contributed by atoms with Crippen LogP contribution in [0.5, 0.6) is 0 Å². The van der Waals surface area contributed by atoms with Gasteiger partial charge in [-0.1, -0.05) is 41.4 Å². The zero-order valence-electron chi connectivity index (χ0n) is 14.3. The van der Waals surface area contributed by atoms with Crippen molar-refractivity contribution >= 4 is 57.8 Å². The molecule has 9 heteroatoms. The molecule has 0 radical (unpaired) electrons. The molecule has 0 bridgehead atoms. The summed E-state index contributed by atoms with van der Waals surface area (Å²) in [7, 11) is 0. The highest BCUT2D eigenvalue weighted by molar-refractivity contribution is 6.31. The molecule has 0 atom stereocenters. The van der Waals surface area contributed by atoms with Crippen LogP contribution >= 0.6 is 23.2 Å². The van der Waals surface area contributed by atoms with Crippen molar-refractivity contribution in [1.82, 2.24) is 19.9 Å². The van der Waals surface area contributed by atoms with Gasteiger partial charge in [0.15, 0.2) is 11.6 Å². The average molecular weight is 410 g/mol. The summed E-state index contributed by atoms with van der Waals surface area (Å²) in [6, 6.07) is 14.6. The first-order valence-corrected chi connectivity index (χ1v) is 8.97. The zero-order valence-corrected chi connectivity index (χ0v) is 15.9. The number of nitrogens with zero attached hydrogens (tertiary/aromatic N) is 5. The monoisotopic (exact) mass is 409 g/mol. The second-order valence-corrected chi connectivity index (χ2v) is 6.57. The molecule has 2 heterocycles. The van der Waals surface area contributed by atoms with E-state index in [1.807, 2.05) is 24.3 Å². The van der Waals surface area contributed by atoms with Gasteiger partial charge >= 0.3 is 0 Å². The van der Waals surface area contributed by atoms with Crippen molar-refractivity contribution in [2.75, 3.05) is 10.7 Å². The van der Waals surface area contributed by atoms with Crippen LogP contribution in [0.25, 0.3) is 11.0 Å². The summed E-state index contributed by atoms with van der Waals surface area (Å²) >= 11 is 11.9. The highest BCUT2D eigenvalue weighted by Crippen LogP contribution is 2.25. The van der Waals surface area contributed by atoms with Gasteiger partial charge in [-0.25, -0.2) is 19.9 Å². The van der Waals surface area contributed by atoms with Gasteiger partial charge in [-0.3, -0.25) is 5.43 Å². The lowest BCUT2D eigenvalue weighted by atomic mass is 10.2.